The van der Waals surface area contributed by atoms with E-state index in [2.05, 4.69) is 4.99 Å². The molecule has 0 radical (unpaired) electrons. The summed E-state index contributed by atoms with van der Waals surface area (Å²) in [7, 11) is -1.12. The van der Waals surface area contributed by atoms with Crippen LogP contribution in [0.15, 0.2) is 4.99 Å². The lowest BCUT2D eigenvalue weighted by Gasteiger charge is -2.35. The first-order valence-corrected chi connectivity index (χ1v) is 6.37. The summed E-state index contributed by atoms with van der Waals surface area (Å²) in [6.45, 7) is 2.27. The van der Waals surface area contributed by atoms with E-state index in [1.165, 1.54) is 0 Å². The molecular formula is C8H15N3O2S. The van der Waals surface area contributed by atoms with Crippen molar-refractivity contribution in [1.29, 1.82) is 0 Å². The predicted octanol–water partition coefficient (Wildman–Crippen LogP) is -0.808. The van der Waals surface area contributed by atoms with Crippen LogP contribution in [0.25, 0.3) is 0 Å². The number of rotatable bonds is 0. The molecule has 1 saturated heterocycles. The van der Waals surface area contributed by atoms with Gasteiger partial charge in [0, 0.05) is 7.05 Å². The van der Waals surface area contributed by atoms with Gasteiger partial charge in [0.1, 0.15) is 0 Å². The Morgan fingerprint density at radius 1 is 1.64 bits per heavy atom. The van der Waals surface area contributed by atoms with Crippen LogP contribution in [0, 0.1) is 0 Å². The molecule has 2 aliphatic rings. The molecule has 2 aliphatic heterocycles. The first-order valence-electron chi connectivity index (χ1n) is 4.65. The van der Waals surface area contributed by atoms with Crippen molar-refractivity contribution in [3.8, 4) is 0 Å². The average Bonchev–Trinajstić information content (AvgIpc) is 2.53. The summed E-state index contributed by atoms with van der Waals surface area (Å²) in [5, 5.41) is -0.371. The SMILES string of the molecule is CC1C2(CCS1(=O)=O)CN=C(N)N2C. The zero-order chi connectivity index (χ0) is 10.6. The van der Waals surface area contributed by atoms with Gasteiger partial charge in [-0.1, -0.05) is 0 Å². The lowest BCUT2D eigenvalue weighted by atomic mass is 9.92. The molecule has 0 aromatic heterocycles. The molecule has 2 heterocycles. The Morgan fingerprint density at radius 2 is 2.29 bits per heavy atom. The van der Waals surface area contributed by atoms with Gasteiger partial charge in [-0.2, -0.15) is 0 Å². The fraction of sp³-hybridized carbons (Fsp3) is 0.875. The summed E-state index contributed by atoms with van der Waals surface area (Å²) >= 11 is 0. The highest BCUT2D eigenvalue weighted by atomic mass is 32.2. The van der Waals surface area contributed by atoms with Gasteiger partial charge >= 0.3 is 0 Å². The molecule has 0 aliphatic carbocycles. The van der Waals surface area contributed by atoms with Crippen LogP contribution in [-0.4, -0.2) is 49.4 Å². The third-order valence-corrected chi connectivity index (χ3v) is 5.93. The van der Waals surface area contributed by atoms with Gasteiger partial charge < -0.3 is 10.6 Å². The number of hydrogen-bond acceptors (Lipinski definition) is 5. The third-order valence-electron chi connectivity index (χ3n) is 3.64. The van der Waals surface area contributed by atoms with Crippen molar-refractivity contribution in [3.05, 3.63) is 0 Å². The molecule has 0 aromatic carbocycles. The Morgan fingerprint density at radius 3 is 2.64 bits per heavy atom. The minimum absolute atomic E-state index is 0.251. The largest absolute Gasteiger partial charge is 0.370 e. The Labute approximate surface area is 83.9 Å². The second kappa shape index (κ2) is 2.62. The van der Waals surface area contributed by atoms with E-state index in [-0.39, 0.29) is 16.5 Å². The second-order valence-electron chi connectivity index (χ2n) is 4.10. The van der Waals surface area contributed by atoms with Crippen molar-refractivity contribution in [2.24, 2.45) is 10.7 Å². The number of nitrogens with zero attached hydrogens (tertiary/aromatic N) is 2. The second-order valence-corrected chi connectivity index (χ2v) is 6.54. The molecular weight excluding hydrogens is 202 g/mol. The van der Waals surface area contributed by atoms with Crippen LogP contribution in [0.2, 0.25) is 0 Å². The van der Waals surface area contributed by atoms with Gasteiger partial charge in [-0.25, -0.2) is 8.42 Å². The van der Waals surface area contributed by atoms with Crippen LogP contribution in [0.3, 0.4) is 0 Å². The first kappa shape index (κ1) is 9.76. The van der Waals surface area contributed by atoms with Crippen molar-refractivity contribution in [2.75, 3.05) is 19.3 Å². The van der Waals surface area contributed by atoms with Crippen LogP contribution in [0.4, 0.5) is 0 Å². The summed E-state index contributed by atoms with van der Waals surface area (Å²) in [5.41, 5.74) is 5.29. The number of likely N-dealkylation sites (N-methyl/N-ethyl adjacent to an activating group) is 1. The Balaban J connectivity index is 2.39. The van der Waals surface area contributed by atoms with Gasteiger partial charge in [-0.3, -0.25) is 4.99 Å². The molecule has 0 saturated carbocycles. The molecule has 2 N–H and O–H groups in total. The Kier molecular flexibility index (Phi) is 1.83. The normalized spacial score (nSPS) is 40.6. The molecule has 0 bridgehead atoms. The highest BCUT2D eigenvalue weighted by Crippen LogP contribution is 2.38. The lowest BCUT2D eigenvalue weighted by Crippen LogP contribution is -2.54. The summed E-state index contributed by atoms with van der Waals surface area (Å²) < 4.78 is 23.3. The smallest absolute Gasteiger partial charge is 0.191 e. The lowest BCUT2D eigenvalue weighted by molar-refractivity contribution is 0.237. The van der Waals surface area contributed by atoms with E-state index in [4.69, 9.17) is 5.73 Å². The summed E-state index contributed by atoms with van der Waals surface area (Å²) in [6, 6.07) is 0. The highest BCUT2D eigenvalue weighted by molar-refractivity contribution is 7.92. The molecule has 2 atom stereocenters. The van der Waals surface area contributed by atoms with Crippen LogP contribution in [-0.2, 0) is 9.84 Å². The van der Waals surface area contributed by atoms with Gasteiger partial charge in [0.15, 0.2) is 15.8 Å². The minimum Gasteiger partial charge on any atom is -0.370 e. The molecule has 2 unspecified atom stereocenters. The average molecular weight is 217 g/mol. The molecule has 2 rings (SSSR count). The van der Waals surface area contributed by atoms with Gasteiger partial charge in [-0.15, -0.1) is 0 Å². The molecule has 1 spiro atoms. The summed E-state index contributed by atoms with van der Waals surface area (Å²) in [4.78, 5) is 5.95. The van der Waals surface area contributed by atoms with E-state index in [0.29, 0.717) is 18.9 Å². The van der Waals surface area contributed by atoms with Gasteiger partial charge in [0.25, 0.3) is 0 Å². The van der Waals surface area contributed by atoms with Gasteiger partial charge in [0.05, 0.1) is 23.1 Å². The van der Waals surface area contributed by atoms with E-state index in [1.807, 2.05) is 11.9 Å². The van der Waals surface area contributed by atoms with Crippen molar-refractivity contribution in [3.63, 3.8) is 0 Å². The van der Waals surface area contributed by atoms with E-state index in [0.717, 1.165) is 0 Å². The monoisotopic (exact) mass is 217 g/mol. The number of hydrogen-bond donors (Lipinski definition) is 1. The van der Waals surface area contributed by atoms with Crippen LogP contribution in [0.1, 0.15) is 13.3 Å². The van der Waals surface area contributed by atoms with E-state index in [1.54, 1.807) is 6.92 Å². The molecule has 14 heavy (non-hydrogen) atoms. The molecule has 5 nitrogen and oxygen atoms in total. The van der Waals surface area contributed by atoms with Crippen molar-refractivity contribution < 1.29 is 8.42 Å². The minimum atomic E-state index is -2.94. The first-order chi connectivity index (χ1) is 6.40. The molecule has 0 aromatic rings. The summed E-state index contributed by atoms with van der Waals surface area (Å²) in [5.74, 6) is 0.704. The fourth-order valence-electron chi connectivity index (χ4n) is 2.34. The Bertz CT molecular complexity index is 389. The number of nitrogens with two attached hydrogens (primary N) is 1. The van der Waals surface area contributed by atoms with Crippen LogP contribution < -0.4 is 5.73 Å². The molecule has 1 fully saturated rings. The Hall–Kier alpha value is -0.780. The molecule has 6 heteroatoms. The predicted molar refractivity (Wildman–Crippen MR) is 54.8 cm³/mol. The van der Waals surface area contributed by atoms with E-state index < -0.39 is 9.84 Å². The number of sulfone groups is 1. The van der Waals surface area contributed by atoms with E-state index in [9.17, 15) is 8.42 Å². The molecule has 0 amide bonds. The summed E-state index contributed by atoms with van der Waals surface area (Å²) in [6.07, 6.45) is 0.636. The van der Waals surface area contributed by atoms with Crippen LogP contribution in [0.5, 0.6) is 0 Å². The third kappa shape index (κ3) is 1.00. The van der Waals surface area contributed by atoms with Crippen LogP contribution >= 0.6 is 0 Å². The maximum Gasteiger partial charge on any atom is 0.191 e. The zero-order valence-corrected chi connectivity index (χ0v) is 9.21. The van der Waals surface area contributed by atoms with Gasteiger partial charge in [-0.05, 0) is 13.3 Å². The van der Waals surface area contributed by atoms with Gasteiger partial charge in [0.2, 0.25) is 0 Å². The number of guanidine groups is 1. The van der Waals surface area contributed by atoms with E-state index >= 15 is 0 Å². The van der Waals surface area contributed by atoms with Crippen molar-refractivity contribution >= 4 is 15.8 Å². The molecule has 80 valence electrons. The number of aliphatic imine (C=N–C) groups is 1. The topological polar surface area (TPSA) is 75.8 Å². The zero-order valence-electron chi connectivity index (χ0n) is 8.40. The highest BCUT2D eigenvalue weighted by Gasteiger charge is 2.54. The maximum absolute atomic E-state index is 11.7. The van der Waals surface area contributed by atoms with Crippen molar-refractivity contribution in [2.45, 2.75) is 24.1 Å². The maximum atomic E-state index is 11.7. The fourth-order valence-corrected chi connectivity index (χ4v) is 4.35. The standard InChI is InChI=1S/C8H15N3O2S/c1-6-8(3-4-14(6,12)13)5-10-7(9)11(8)2/h6H,3-5H2,1-2H3,(H2,9,10). The quantitative estimate of drug-likeness (QED) is 0.576. The van der Waals surface area contributed by atoms with Crippen molar-refractivity contribution in [1.82, 2.24) is 4.90 Å².